The fourth-order valence-corrected chi connectivity index (χ4v) is 2.70. The first-order valence-electron chi connectivity index (χ1n) is 7.08. The van der Waals surface area contributed by atoms with Crippen LogP contribution in [0.4, 0.5) is 0 Å². The van der Waals surface area contributed by atoms with E-state index in [0.717, 1.165) is 25.7 Å². The van der Waals surface area contributed by atoms with Gasteiger partial charge in [0.2, 0.25) is 0 Å². The molecule has 18 heavy (non-hydrogen) atoms. The van der Waals surface area contributed by atoms with Gasteiger partial charge in [-0.1, -0.05) is 44.0 Å². The summed E-state index contributed by atoms with van der Waals surface area (Å²) in [6, 6.07) is 8.75. The molecule has 0 bridgehead atoms. The summed E-state index contributed by atoms with van der Waals surface area (Å²) in [5.74, 6) is 0.849. The fourth-order valence-electron chi connectivity index (χ4n) is 2.70. The lowest BCUT2D eigenvalue weighted by molar-refractivity contribution is -0.117. The van der Waals surface area contributed by atoms with Gasteiger partial charge in [-0.05, 0) is 29.9 Å². The zero-order chi connectivity index (χ0) is 13.0. The molecule has 0 aliphatic heterocycles. The van der Waals surface area contributed by atoms with Gasteiger partial charge >= 0.3 is 0 Å². The maximum absolute atomic E-state index is 11.3. The van der Waals surface area contributed by atoms with Crippen molar-refractivity contribution in [2.45, 2.75) is 57.4 Å². The van der Waals surface area contributed by atoms with Crippen molar-refractivity contribution in [1.29, 1.82) is 0 Å². The van der Waals surface area contributed by atoms with Gasteiger partial charge in [-0.15, -0.1) is 0 Å². The summed E-state index contributed by atoms with van der Waals surface area (Å²) in [6.45, 7) is 2.19. The molecule has 2 nitrogen and oxygen atoms in total. The van der Waals surface area contributed by atoms with E-state index in [0.29, 0.717) is 11.7 Å². The Balaban J connectivity index is 1.98. The summed E-state index contributed by atoms with van der Waals surface area (Å²) in [6.07, 6.45) is 5.91. The minimum absolute atomic E-state index is 0.157. The molecule has 0 saturated heterocycles. The van der Waals surface area contributed by atoms with Crippen LogP contribution in [0.25, 0.3) is 0 Å². The van der Waals surface area contributed by atoms with Crippen molar-refractivity contribution in [2.24, 2.45) is 5.73 Å². The third-order valence-corrected chi connectivity index (χ3v) is 3.95. The normalized spacial score (nSPS) is 21.2. The van der Waals surface area contributed by atoms with Gasteiger partial charge in [0.1, 0.15) is 5.78 Å². The predicted octanol–water partition coefficient (Wildman–Crippen LogP) is 3.71. The summed E-state index contributed by atoms with van der Waals surface area (Å²) in [4.78, 5) is 11.3. The van der Waals surface area contributed by atoms with E-state index in [1.54, 1.807) is 0 Å². The number of nitrogens with two attached hydrogens (primary N) is 1. The number of carbonyl (C=O) groups is 1. The van der Waals surface area contributed by atoms with Crippen LogP contribution in [0.2, 0.25) is 0 Å². The second kappa shape index (κ2) is 6.14. The van der Waals surface area contributed by atoms with Gasteiger partial charge in [0, 0.05) is 18.9 Å². The Kier molecular flexibility index (Phi) is 4.54. The number of carbonyl (C=O) groups excluding carboxylic acids is 1. The van der Waals surface area contributed by atoms with Crippen LogP contribution in [-0.4, -0.2) is 5.78 Å². The maximum atomic E-state index is 11.3. The van der Waals surface area contributed by atoms with E-state index in [-0.39, 0.29) is 6.04 Å². The molecule has 2 heteroatoms. The smallest absolute Gasteiger partial charge is 0.133 e. The van der Waals surface area contributed by atoms with Gasteiger partial charge in [0.05, 0.1) is 0 Å². The van der Waals surface area contributed by atoms with Crippen molar-refractivity contribution in [1.82, 2.24) is 0 Å². The topological polar surface area (TPSA) is 43.1 Å². The Morgan fingerprint density at radius 3 is 2.61 bits per heavy atom. The second-order valence-corrected chi connectivity index (χ2v) is 5.39. The maximum Gasteiger partial charge on any atom is 0.133 e. The molecule has 2 rings (SSSR count). The lowest BCUT2D eigenvalue weighted by Gasteiger charge is -2.14. The molecule has 2 unspecified atom stereocenters. The number of unbranched alkanes of at least 4 members (excludes halogenated alkanes) is 1. The number of rotatable bonds is 5. The second-order valence-electron chi connectivity index (χ2n) is 5.39. The molecule has 2 N–H and O–H groups in total. The van der Waals surface area contributed by atoms with E-state index in [4.69, 9.17) is 5.73 Å². The minimum atomic E-state index is 0.157. The largest absolute Gasteiger partial charge is 0.324 e. The van der Waals surface area contributed by atoms with Gasteiger partial charge in [-0.25, -0.2) is 0 Å². The van der Waals surface area contributed by atoms with Gasteiger partial charge in [0.15, 0.2) is 0 Å². The highest BCUT2D eigenvalue weighted by atomic mass is 16.1. The van der Waals surface area contributed by atoms with E-state index in [2.05, 4.69) is 31.2 Å². The number of hydrogen-bond donors (Lipinski definition) is 1. The van der Waals surface area contributed by atoms with E-state index >= 15 is 0 Å². The van der Waals surface area contributed by atoms with Crippen LogP contribution in [-0.2, 0) is 4.79 Å². The molecule has 0 spiro atoms. The summed E-state index contributed by atoms with van der Waals surface area (Å²) < 4.78 is 0. The molecular formula is C16H23NO. The Bertz CT molecular complexity index is 396. The van der Waals surface area contributed by atoms with Crippen molar-refractivity contribution in [3.05, 3.63) is 35.4 Å². The van der Waals surface area contributed by atoms with E-state index in [1.165, 1.54) is 24.0 Å². The summed E-state index contributed by atoms with van der Waals surface area (Å²) in [5.41, 5.74) is 8.67. The molecule has 1 aliphatic rings. The van der Waals surface area contributed by atoms with Gasteiger partial charge < -0.3 is 5.73 Å². The zero-order valence-corrected chi connectivity index (χ0v) is 11.2. The SMILES string of the molecule is CCCCC(N)c1ccc(C2CCC(=O)C2)cc1. The Labute approximate surface area is 110 Å². The van der Waals surface area contributed by atoms with Crippen LogP contribution >= 0.6 is 0 Å². The van der Waals surface area contributed by atoms with Gasteiger partial charge in [-0.3, -0.25) is 4.79 Å². The van der Waals surface area contributed by atoms with Crippen molar-refractivity contribution < 1.29 is 4.79 Å². The molecular weight excluding hydrogens is 222 g/mol. The quantitative estimate of drug-likeness (QED) is 0.859. The van der Waals surface area contributed by atoms with Crippen LogP contribution in [0.15, 0.2) is 24.3 Å². The highest BCUT2D eigenvalue weighted by Gasteiger charge is 2.23. The summed E-state index contributed by atoms with van der Waals surface area (Å²) in [5, 5.41) is 0. The molecule has 1 fully saturated rings. The lowest BCUT2D eigenvalue weighted by atomic mass is 9.94. The van der Waals surface area contributed by atoms with E-state index in [1.807, 2.05) is 0 Å². The average molecular weight is 245 g/mol. The number of benzene rings is 1. The molecule has 1 saturated carbocycles. The van der Waals surface area contributed by atoms with Gasteiger partial charge in [-0.2, -0.15) is 0 Å². The number of ketones is 1. The number of hydrogen-bond acceptors (Lipinski definition) is 2. The van der Waals surface area contributed by atoms with E-state index < -0.39 is 0 Å². The van der Waals surface area contributed by atoms with Crippen LogP contribution in [0.5, 0.6) is 0 Å². The van der Waals surface area contributed by atoms with Crippen LogP contribution < -0.4 is 5.73 Å². The molecule has 1 aromatic carbocycles. The first-order valence-corrected chi connectivity index (χ1v) is 7.08. The van der Waals surface area contributed by atoms with Crippen molar-refractivity contribution in [3.63, 3.8) is 0 Å². The highest BCUT2D eigenvalue weighted by Crippen LogP contribution is 2.32. The third-order valence-electron chi connectivity index (χ3n) is 3.95. The molecule has 1 aliphatic carbocycles. The Morgan fingerprint density at radius 2 is 2.06 bits per heavy atom. The summed E-state index contributed by atoms with van der Waals surface area (Å²) in [7, 11) is 0. The van der Waals surface area contributed by atoms with Crippen molar-refractivity contribution >= 4 is 5.78 Å². The average Bonchev–Trinajstić information content (AvgIpc) is 2.83. The minimum Gasteiger partial charge on any atom is -0.324 e. The first-order chi connectivity index (χ1) is 8.70. The zero-order valence-electron chi connectivity index (χ0n) is 11.2. The van der Waals surface area contributed by atoms with Crippen LogP contribution in [0.1, 0.15) is 68.5 Å². The van der Waals surface area contributed by atoms with Gasteiger partial charge in [0.25, 0.3) is 0 Å². The highest BCUT2D eigenvalue weighted by molar-refractivity contribution is 5.81. The molecule has 2 atom stereocenters. The van der Waals surface area contributed by atoms with E-state index in [9.17, 15) is 4.79 Å². The fraction of sp³-hybridized carbons (Fsp3) is 0.562. The third kappa shape index (κ3) is 3.20. The van der Waals surface area contributed by atoms with Crippen LogP contribution in [0.3, 0.4) is 0 Å². The lowest BCUT2D eigenvalue weighted by Crippen LogP contribution is -2.10. The van der Waals surface area contributed by atoms with Crippen molar-refractivity contribution in [2.75, 3.05) is 0 Å². The molecule has 0 radical (unpaired) electrons. The Morgan fingerprint density at radius 1 is 1.33 bits per heavy atom. The molecule has 0 amide bonds. The standard InChI is InChI=1S/C16H23NO/c1-2-3-4-16(17)13-7-5-12(6-8-13)14-9-10-15(18)11-14/h5-8,14,16H,2-4,9-11,17H2,1H3. The van der Waals surface area contributed by atoms with Crippen molar-refractivity contribution in [3.8, 4) is 0 Å². The van der Waals surface area contributed by atoms with Crippen LogP contribution in [0, 0.1) is 0 Å². The monoisotopic (exact) mass is 245 g/mol. The molecule has 0 aromatic heterocycles. The molecule has 0 heterocycles. The Hall–Kier alpha value is -1.15. The number of Topliss-reactive ketones (excluding diaryl/α,β-unsaturated/α-hetero) is 1. The molecule has 98 valence electrons. The summed E-state index contributed by atoms with van der Waals surface area (Å²) >= 11 is 0. The molecule has 1 aromatic rings. The predicted molar refractivity (Wildman–Crippen MR) is 74.5 cm³/mol. The first kappa shape index (κ1) is 13.3.